The molecule has 8 nitrogen and oxygen atoms in total. The van der Waals surface area contributed by atoms with E-state index in [1.165, 1.54) is 0 Å². The van der Waals surface area contributed by atoms with Crippen molar-refractivity contribution in [3.8, 4) is 0 Å². The lowest BCUT2D eigenvalue weighted by molar-refractivity contribution is 0.185. The Hall–Kier alpha value is -3.91. The highest BCUT2D eigenvalue weighted by Crippen LogP contribution is 2.25. The van der Waals surface area contributed by atoms with Gasteiger partial charge in [0, 0.05) is 13.5 Å². The number of para-hydroxylation sites is 2. The van der Waals surface area contributed by atoms with Crippen LogP contribution in [0.15, 0.2) is 64.5 Å². The van der Waals surface area contributed by atoms with Gasteiger partial charge in [0.05, 0.1) is 30.4 Å². The predicted octanol–water partition coefficient (Wildman–Crippen LogP) is 3.39. The summed E-state index contributed by atoms with van der Waals surface area (Å²) in [5.41, 5.74) is 3.67. The number of nitrogens with zero attached hydrogens (tertiary/aromatic N) is 6. The van der Waals surface area contributed by atoms with Crippen molar-refractivity contribution in [3.63, 3.8) is 0 Å². The third kappa shape index (κ3) is 3.34. The van der Waals surface area contributed by atoms with E-state index in [1.54, 1.807) is 22.6 Å². The van der Waals surface area contributed by atoms with Crippen molar-refractivity contribution in [1.29, 1.82) is 0 Å². The SMILES string of the molecule is CCc1nc2c(c(=O)n1CCOC)c1nc3ccccc3nc1n2/N=C\c1ccccc1. The molecule has 0 N–H and O–H groups in total. The zero-order valence-corrected chi connectivity index (χ0v) is 17.9. The molecule has 0 aliphatic carbocycles. The first kappa shape index (κ1) is 20.0. The molecule has 0 saturated carbocycles. The lowest BCUT2D eigenvalue weighted by atomic mass is 10.2. The third-order valence-corrected chi connectivity index (χ3v) is 5.38. The molecule has 5 rings (SSSR count). The number of aryl methyl sites for hydroxylation is 1. The Balaban J connectivity index is 1.87. The van der Waals surface area contributed by atoms with Crippen molar-refractivity contribution in [2.75, 3.05) is 13.7 Å². The van der Waals surface area contributed by atoms with Gasteiger partial charge in [-0.2, -0.15) is 9.78 Å². The normalized spacial score (nSPS) is 11.9. The zero-order valence-electron chi connectivity index (χ0n) is 17.9. The van der Waals surface area contributed by atoms with Gasteiger partial charge in [0.2, 0.25) is 0 Å². The van der Waals surface area contributed by atoms with Crippen LogP contribution in [-0.4, -0.2) is 44.1 Å². The van der Waals surface area contributed by atoms with Crippen molar-refractivity contribution < 1.29 is 4.74 Å². The van der Waals surface area contributed by atoms with Crippen LogP contribution in [0.3, 0.4) is 0 Å². The quantitative estimate of drug-likeness (QED) is 0.389. The van der Waals surface area contributed by atoms with Crippen molar-refractivity contribution >= 4 is 39.4 Å². The fourth-order valence-corrected chi connectivity index (χ4v) is 3.81. The van der Waals surface area contributed by atoms with Gasteiger partial charge in [0.25, 0.3) is 5.56 Å². The molecule has 0 saturated heterocycles. The molecule has 0 spiro atoms. The fourth-order valence-electron chi connectivity index (χ4n) is 3.81. The molecule has 160 valence electrons. The van der Waals surface area contributed by atoms with E-state index in [2.05, 4.69) is 5.10 Å². The van der Waals surface area contributed by atoms with Gasteiger partial charge in [-0.1, -0.05) is 49.4 Å². The minimum atomic E-state index is -0.160. The number of aromatic nitrogens is 5. The van der Waals surface area contributed by atoms with Crippen molar-refractivity contribution in [2.45, 2.75) is 19.9 Å². The Kier molecular flexibility index (Phi) is 5.20. The molecule has 2 aromatic carbocycles. The first-order chi connectivity index (χ1) is 15.7. The molecule has 0 aliphatic heterocycles. The van der Waals surface area contributed by atoms with Crippen LogP contribution >= 0.6 is 0 Å². The van der Waals surface area contributed by atoms with Crippen LogP contribution in [0.4, 0.5) is 0 Å². The Morgan fingerprint density at radius 3 is 2.41 bits per heavy atom. The molecule has 0 atom stereocenters. The third-order valence-electron chi connectivity index (χ3n) is 5.38. The number of ether oxygens (including phenoxy) is 1. The molecule has 8 heteroatoms. The molecule has 3 aromatic heterocycles. The van der Waals surface area contributed by atoms with Crippen LogP contribution in [0.5, 0.6) is 0 Å². The molecule has 3 heterocycles. The Morgan fingerprint density at radius 2 is 1.69 bits per heavy atom. The zero-order chi connectivity index (χ0) is 22.1. The van der Waals surface area contributed by atoms with Crippen LogP contribution in [0.2, 0.25) is 0 Å². The molecule has 0 amide bonds. The van der Waals surface area contributed by atoms with Crippen LogP contribution in [0.25, 0.3) is 33.2 Å². The van der Waals surface area contributed by atoms with Gasteiger partial charge in [-0.05, 0) is 17.7 Å². The predicted molar refractivity (Wildman–Crippen MR) is 125 cm³/mol. The summed E-state index contributed by atoms with van der Waals surface area (Å²) < 4.78 is 8.49. The van der Waals surface area contributed by atoms with Gasteiger partial charge < -0.3 is 4.74 Å². The summed E-state index contributed by atoms with van der Waals surface area (Å²) >= 11 is 0. The second-order valence-electron chi connectivity index (χ2n) is 7.38. The van der Waals surface area contributed by atoms with Crippen LogP contribution in [-0.2, 0) is 17.7 Å². The van der Waals surface area contributed by atoms with Crippen molar-refractivity contribution in [1.82, 2.24) is 24.2 Å². The molecule has 0 bridgehead atoms. The first-order valence-corrected chi connectivity index (χ1v) is 10.5. The second kappa shape index (κ2) is 8.32. The summed E-state index contributed by atoms with van der Waals surface area (Å²) in [4.78, 5) is 28.0. The molecule has 0 fully saturated rings. The summed E-state index contributed by atoms with van der Waals surface area (Å²) in [7, 11) is 1.62. The maximum absolute atomic E-state index is 13.6. The highest BCUT2D eigenvalue weighted by molar-refractivity contribution is 6.05. The average Bonchev–Trinajstić information content (AvgIpc) is 3.13. The molecular weight excluding hydrogens is 404 g/mol. The van der Waals surface area contributed by atoms with E-state index in [9.17, 15) is 4.79 Å². The van der Waals surface area contributed by atoms with Crippen LogP contribution in [0, 0.1) is 0 Å². The van der Waals surface area contributed by atoms with Gasteiger partial charge in [-0.3, -0.25) is 9.36 Å². The number of rotatable bonds is 6. The number of benzene rings is 2. The Labute approximate surface area is 183 Å². The lowest BCUT2D eigenvalue weighted by Gasteiger charge is -2.10. The minimum absolute atomic E-state index is 0.160. The van der Waals surface area contributed by atoms with E-state index >= 15 is 0 Å². The van der Waals surface area contributed by atoms with Gasteiger partial charge in [-0.15, -0.1) is 0 Å². The molecule has 0 unspecified atom stereocenters. The molecule has 5 aromatic rings. The van der Waals surface area contributed by atoms with Crippen LogP contribution in [0.1, 0.15) is 18.3 Å². The number of hydrogen-bond acceptors (Lipinski definition) is 6. The van der Waals surface area contributed by atoms with E-state index in [0.29, 0.717) is 53.1 Å². The van der Waals surface area contributed by atoms with Crippen molar-refractivity contribution in [3.05, 3.63) is 76.3 Å². The fraction of sp³-hybridized carbons (Fsp3) is 0.208. The Bertz CT molecular complexity index is 1520. The molecule has 0 radical (unpaired) electrons. The topological polar surface area (TPSA) is 87.2 Å². The standard InChI is InChI=1S/C24H22N6O2/c1-3-19-28-22-20(24(31)29(19)13-14-32-2)21-23(27-18-12-8-7-11-17(18)26-21)30(22)25-15-16-9-5-4-6-10-16/h4-12,15H,3,13-14H2,1-2H3/b25-15-. The first-order valence-electron chi connectivity index (χ1n) is 10.5. The maximum atomic E-state index is 13.6. The maximum Gasteiger partial charge on any atom is 0.265 e. The van der Waals surface area contributed by atoms with Gasteiger partial charge in [0.15, 0.2) is 11.3 Å². The highest BCUT2D eigenvalue weighted by atomic mass is 16.5. The van der Waals surface area contributed by atoms with Crippen LogP contribution < -0.4 is 5.56 Å². The summed E-state index contributed by atoms with van der Waals surface area (Å²) in [5.74, 6) is 0.670. The summed E-state index contributed by atoms with van der Waals surface area (Å²) in [6.07, 6.45) is 2.33. The highest BCUT2D eigenvalue weighted by Gasteiger charge is 2.21. The molecular formula is C24H22N6O2. The number of methoxy groups -OCH3 is 1. The van der Waals surface area contributed by atoms with E-state index in [4.69, 9.17) is 19.7 Å². The van der Waals surface area contributed by atoms with E-state index in [1.807, 2.05) is 61.5 Å². The number of hydrogen-bond donors (Lipinski definition) is 0. The minimum Gasteiger partial charge on any atom is -0.383 e. The van der Waals surface area contributed by atoms with Gasteiger partial charge in [-0.25, -0.2) is 15.0 Å². The van der Waals surface area contributed by atoms with E-state index in [-0.39, 0.29) is 5.56 Å². The molecule has 32 heavy (non-hydrogen) atoms. The summed E-state index contributed by atoms with van der Waals surface area (Å²) in [6.45, 7) is 2.81. The van der Waals surface area contributed by atoms with Gasteiger partial charge in [0.1, 0.15) is 16.7 Å². The molecule has 0 aliphatic rings. The second-order valence-corrected chi connectivity index (χ2v) is 7.38. The monoisotopic (exact) mass is 426 g/mol. The average molecular weight is 426 g/mol. The Morgan fingerprint density at radius 1 is 0.969 bits per heavy atom. The number of fused-ring (bicyclic) bond motifs is 4. The van der Waals surface area contributed by atoms with E-state index < -0.39 is 0 Å². The summed E-state index contributed by atoms with van der Waals surface area (Å²) in [6, 6.07) is 17.4. The summed E-state index contributed by atoms with van der Waals surface area (Å²) in [5, 5.41) is 5.08. The largest absolute Gasteiger partial charge is 0.383 e. The van der Waals surface area contributed by atoms with Gasteiger partial charge >= 0.3 is 0 Å². The lowest BCUT2D eigenvalue weighted by Crippen LogP contribution is -2.27. The smallest absolute Gasteiger partial charge is 0.265 e. The van der Waals surface area contributed by atoms with E-state index in [0.717, 1.165) is 11.1 Å². The van der Waals surface area contributed by atoms with Crippen molar-refractivity contribution in [2.24, 2.45) is 5.10 Å².